The van der Waals surface area contributed by atoms with Crippen molar-refractivity contribution in [3.63, 3.8) is 0 Å². The number of carboxylic acids is 3. The molecule has 0 saturated carbocycles. The van der Waals surface area contributed by atoms with Crippen LogP contribution in [-0.4, -0.2) is 97.4 Å². The fourth-order valence-electron chi connectivity index (χ4n) is 6.97. The lowest BCUT2D eigenvalue weighted by molar-refractivity contribution is -0.374. The first-order chi connectivity index (χ1) is 22.5. The van der Waals surface area contributed by atoms with Crippen LogP contribution in [-0.2, 0) is 44.5 Å². The van der Waals surface area contributed by atoms with Crippen LogP contribution in [0.3, 0.4) is 0 Å². The molecular formula is C35H50O13. The molecule has 4 unspecified atom stereocenters. The van der Waals surface area contributed by atoms with E-state index in [1.54, 1.807) is 0 Å². The van der Waals surface area contributed by atoms with Gasteiger partial charge in [-0.05, 0) is 55.1 Å². The van der Waals surface area contributed by atoms with E-state index in [-0.39, 0.29) is 18.9 Å². The minimum atomic E-state index is -3.71. The van der Waals surface area contributed by atoms with Crippen molar-refractivity contribution in [3.8, 4) is 0 Å². The first kappa shape index (κ1) is 39.1. The van der Waals surface area contributed by atoms with E-state index >= 15 is 0 Å². The highest BCUT2D eigenvalue weighted by atomic mass is 16.8. The molecule has 5 N–H and O–H groups in total. The summed E-state index contributed by atoms with van der Waals surface area (Å²) in [7, 11) is 0. The van der Waals surface area contributed by atoms with Crippen LogP contribution in [0.2, 0.25) is 0 Å². The number of carbonyl (C=O) groups is 4. The van der Waals surface area contributed by atoms with Crippen molar-refractivity contribution >= 4 is 23.9 Å². The van der Waals surface area contributed by atoms with Crippen molar-refractivity contribution in [2.24, 2.45) is 17.8 Å². The molecule has 13 heteroatoms. The van der Waals surface area contributed by atoms with Crippen molar-refractivity contribution in [1.82, 2.24) is 0 Å². The first-order valence-electron chi connectivity index (χ1n) is 16.4. The van der Waals surface area contributed by atoms with Crippen molar-refractivity contribution in [3.05, 3.63) is 48.0 Å². The second-order valence-corrected chi connectivity index (χ2v) is 13.5. The van der Waals surface area contributed by atoms with Crippen molar-refractivity contribution in [2.75, 3.05) is 6.61 Å². The standard InChI is InChI=1S/C35H50O13/c1-7-20(2)18-21(3)12-11-17-45-28-27(37)33(47-29(30(38)39)34(44,31(40)41)35(28,48-33)32(42)43)16-15-22(4)26(46-24(6)36)23(5)19-25-13-9-8-10-14-25/h8-10,13-14,20-21,23,26-29,37,44H,4,7,11-12,15-19H2,1-3,5-6H3,(H,38,39)(H,40,41)(H,42,43)/t20-,21+,23+,26+,27+,28+,29?,33?,34?,35?/m0/s1. The Kier molecular flexibility index (Phi) is 12.9. The zero-order valence-corrected chi connectivity index (χ0v) is 28.3. The third-order valence-corrected chi connectivity index (χ3v) is 9.65. The number of aliphatic hydroxyl groups is 2. The number of esters is 1. The van der Waals surface area contributed by atoms with E-state index in [0.29, 0.717) is 36.7 Å². The summed E-state index contributed by atoms with van der Waals surface area (Å²) in [6, 6.07) is 9.43. The molecule has 1 aromatic carbocycles. The molecule has 0 spiro atoms. The van der Waals surface area contributed by atoms with E-state index in [1.165, 1.54) is 6.92 Å². The van der Waals surface area contributed by atoms with Gasteiger partial charge in [-0.15, -0.1) is 0 Å². The number of benzene rings is 1. The maximum absolute atomic E-state index is 13.0. The summed E-state index contributed by atoms with van der Waals surface area (Å²) in [6.45, 7) is 13.3. The maximum atomic E-state index is 13.0. The number of hydrogen-bond donors (Lipinski definition) is 5. The summed E-state index contributed by atoms with van der Waals surface area (Å²) in [5, 5.41) is 53.7. The molecule has 10 atom stereocenters. The Bertz CT molecular complexity index is 1320. The van der Waals surface area contributed by atoms with Crippen LogP contribution in [0, 0.1) is 17.8 Å². The third kappa shape index (κ3) is 7.76. The monoisotopic (exact) mass is 678 g/mol. The predicted octanol–water partition coefficient (Wildman–Crippen LogP) is 3.58. The van der Waals surface area contributed by atoms with E-state index in [0.717, 1.165) is 18.4 Å². The van der Waals surface area contributed by atoms with E-state index < -0.39 is 71.7 Å². The summed E-state index contributed by atoms with van der Waals surface area (Å²) in [4.78, 5) is 50.0. The lowest BCUT2D eigenvalue weighted by Gasteiger charge is -2.49. The number of carboxylic acid groups (broad SMARTS) is 3. The van der Waals surface area contributed by atoms with Gasteiger partial charge in [0.05, 0.1) is 0 Å². The Morgan fingerprint density at radius 1 is 1.02 bits per heavy atom. The van der Waals surface area contributed by atoms with Crippen LogP contribution in [0.5, 0.6) is 0 Å². The summed E-state index contributed by atoms with van der Waals surface area (Å²) in [5.74, 6) is -8.82. The SMILES string of the molecule is C=C(CCC12OC(C(=O)O)C(O)(C(=O)O)C(C(=O)O)(O1)[C@H](OCCC[C@@H](C)C[C@@H](C)CC)[C@H]2O)[C@@H](OC(C)=O)[C@H](C)Cc1ccccc1. The Hall–Kier alpha value is -3.36. The van der Waals surface area contributed by atoms with Gasteiger partial charge in [-0.25, -0.2) is 14.4 Å². The second-order valence-electron chi connectivity index (χ2n) is 13.5. The molecule has 2 bridgehead atoms. The van der Waals surface area contributed by atoms with Gasteiger partial charge >= 0.3 is 23.9 Å². The average molecular weight is 679 g/mol. The first-order valence-corrected chi connectivity index (χ1v) is 16.4. The fraction of sp³-hybridized carbons (Fsp3) is 0.657. The number of rotatable bonds is 19. The molecule has 0 aromatic heterocycles. The molecular weight excluding hydrogens is 628 g/mol. The number of aliphatic hydroxyl groups excluding tert-OH is 1. The molecule has 13 nitrogen and oxygen atoms in total. The molecule has 2 aliphatic rings. The number of aliphatic carboxylic acids is 3. The van der Waals surface area contributed by atoms with E-state index in [4.69, 9.17) is 18.9 Å². The zero-order valence-electron chi connectivity index (χ0n) is 28.3. The molecule has 0 amide bonds. The quantitative estimate of drug-likeness (QED) is 0.0807. The van der Waals surface area contributed by atoms with Crippen LogP contribution >= 0.6 is 0 Å². The molecule has 2 aliphatic heterocycles. The molecule has 2 fully saturated rings. The Balaban J connectivity index is 1.94. The minimum Gasteiger partial charge on any atom is -0.479 e. The highest BCUT2D eigenvalue weighted by Gasteiger charge is 2.85. The zero-order chi connectivity index (χ0) is 36.0. The van der Waals surface area contributed by atoms with Crippen LogP contribution in [0.15, 0.2) is 42.5 Å². The van der Waals surface area contributed by atoms with Crippen molar-refractivity contribution in [1.29, 1.82) is 0 Å². The molecule has 1 aromatic rings. The topological polar surface area (TPSA) is 206 Å². The molecule has 2 heterocycles. The Labute approximate surface area is 280 Å². The normalized spacial score (nSPS) is 30.5. The molecule has 0 radical (unpaired) electrons. The van der Waals surface area contributed by atoms with Gasteiger partial charge < -0.3 is 44.5 Å². The van der Waals surface area contributed by atoms with Gasteiger partial charge in [0, 0.05) is 25.9 Å². The Morgan fingerprint density at radius 3 is 2.21 bits per heavy atom. The summed E-state index contributed by atoms with van der Waals surface area (Å²) in [6.07, 6.45) is -4.66. The van der Waals surface area contributed by atoms with Gasteiger partial charge in [-0.2, -0.15) is 0 Å². The highest BCUT2D eigenvalue weighted by Crippen LogP contribution is 2.56. The Morgan fingerprint density at radius 2 is 1.67 bits per heavy atom. The molecule has 268 valence electrons. The molecule has 2 saturated heterocycles. The number of hydrogen-bond acceptors (Lipinski definition) is 10. The smallest absolute Gasteiger partial charge is 0.343 e. The largest absolute Gasteiger partial charge is 0.479 e. The van der Waals surface area contributed by atoms with E-state index in [9.17, 15) is 44.7 Å². The van der Waals surface area contributed by atoms with Crippen molar-refractivity contribution in [2.45, 2.75) is 121 Å². The minimum absolute atomic E-state index is 0.137. The van der Waals surface area contributed by atoms with Crippen LogP contribution in [0.4, 0.5) is 0 Å². The van der Waals surface area contributed by atoms with Crippen LogP contribution in [0.25, 0.3) is 0 Å². The van der Waals surface area contributed by atoms with Crippen LogP contribution in [0.1, 0.15) is 78.7 Å². The van der Waals surface area contributed by atoms with Gasteiger partial charge in [0.1, 0.15) is 18.3 Å². The van der Waals surface area contributed by atoms with E-state index in [1.807, 2.05) is 37.3 Å². The average Bonchev–Trinajstić information content (AvgIpc) is 3.24. The fourth-order valence-corrected chi connectivity index (χ4v) is 6.97. The van der Waals surface area contributed by atoms with E-state index in [2.05, 4.69) is 27.4 Å². The lowest BCUT2D eigenvalue weighted by Crippen LogP contribution is -2.78. The van der Waals surface area contributed by atoms with Crippen LogP contribution < -0.4 is 0 Å². The predicted molar refractivity (Wildman–Crippen MR) is 171 cm³/mol. The molecule has 48 heavy (non-hydrogen) atoms. The number of ether oxygens (including phenoxy) is 4. The lowest BCUT2D eigenvalue weighted by atomic mass is 9.74. The number of carbonyl (C=O) groups excluding carboxylic acids is 1. The molecule has 3 rings (SSSR count). The van der Waals surface area contributed by atoms with Crippen molar-refractivity contribution < 1.29 is 63.7 Å². The van der Waals surface area contributed by atoms with Gasteiger partial charge in [-0.1, -0.05) is 71.0 Å². The van der Waals surface area contributed by atoms with Gasteiger partial charge in [-0.3, -0.25) is 4.79 Å². The summed E-state index contributed by atoms with van der Waals surface area (Å²) >= 11 is 0. The maximum Gasteiger partial charge on any atom is 0.343 e. The third-order valence-electron chi connectivity index (χ3n) is 9.65. The van der Waals surface area contributed by atoms with Gasteiger partial charge in [0.2, 0.25) is 17.3 Å². The highest BCUT2D eigenvalue weighted by molar-refractivity contribution is 5.97. The number of fused-ring (bicyclic) bond motifs is 2. The molecule has 0 aliphatic carbocycles. The summed E-state index contributed by atoms with van der Waals surface area (Å²) in [5.41, 5.74) is -5.69. The second kappa shape index (κ2) is 15.9. The van der Waals surface area contributed by atoms with Gasteiger partial charge in [0.25, 0.3) is 0 Å². The van der Waals surface area contributed by atoms with Gasteiger partial charge in [0.15, 0.2) is 5.79 Å². The summed E-state index contributed by atoms with van der Waals surface area (Å²) < 4.78 is 22.8.